The van der Waals surface area contributed by atoms with Crippen molar-refractivity contribution in [3.63, 3.8) is 0 Å². The highest BCUT2D eigenvalue weighted by Crippen LogP contribution is 2.21. The molecule has 0 aromatic rings. The second kappa shape index (κ2) is 4.40. The quantitative estimate of drug-likeness (QED) is 0.561. The largest absolute Gasteiger partial charge is 0.129 e. The molecule has 0 amide bonds. The Kier molecular flexibility index (Phi) is 4.21. The fourth-order valence-electron chi connectivity index (χ4n) is 0.600. The van der Waals surface area contributed by atoms with E-state index in [9.17, 15) is 0 Å². The summed E-state index contributed by atoms with van der Waals surface area (Å²) in [5.74, 6) is 0. The van der Waals surface area contributed by atoms with E-state index in [1.165, 1.54) is 10.5 Å². The van der Waals surface area contributed by atoms with Crippen LogP contribution >= 0.6 is 11.8 Å². The van der Waals surface area contributed by atoms with Gasteiger partial charge in [-0.25, -0.2) is 0 Å². The van der Waals surface area contributed by atoms with Gasteiger partial charge in [-0.15, -0.1) is 11.8 Å². The highest BCUT2D eigenvalue weighted by Gasteiger charge is 1.95. The first-order valence-corrected chi connectivity index (χ1v) is 4.39. The van der Waals surface area contributed by atoms with E-state index < -0.39 is 0 Å². The zero-order valence-electron chi connectivity index (χ0n) is 6.90. The Morgan fingerprint density at radius 2 is 1.90 bits per heavy atom. The molecule has 0 aliphatic rings. The Hall–Kier alpha value is -0.430. The molecule has 0 radical (unpaired) electrons. The summed E-state index contributed by atoms with van der Waals surface area (Å²) >= 11 is 1.71. The van der Waals surface area contributed by atoms with Crippen LogP contribution in [0.5, 0.6) is 0 Å². The Balaban J connectivity index is 4.59. The highest BCUT2D eigenvalue weighted by molar-refractivity contribution is 8.02. The van der Waals surface area contributed by atoms with E-state index in [1.54, 1.807) is 11.8 Å². The van der Waals surface area contributed by atoms with Crippen LogP contribution in [0.1, 0.15) is 13.8 Å². The van der Waals surface area contributed by atoms with Crippen molar-refractivity contribution >= 4 is 11.8 Å². The highest BCUT2D eigenvalue weighted by atomic mass is 32.2. The molecule has 0 rings (SSSR count). The Morgan fingerprint density at radius 3 is 2.00 bits per heavy atom. The standard InChI is InChI=1S/C9H14S/c1-6-9(10-5)8(4)7(2)3/h6H,1-2H2,3-5H3/b9-8+. The van der Waals surface area contributed by atoms with Crippen LogP contribution in [0.4, 0.5) is 0 Å². The van der Waals surface area contributed by atoms with Gasteiger partial charge in [-0.2, -0.15) is 0 Å². The van der Waals surface area contributed by atoms with Gasteiger partial charge in [0.15, 0.2) is 0 Å². The molecular formula is C9H14S. The maximum Gasteiger partial charge on any atom is 0.00949 e. The molecule has 0 aliphatic heterocycles. The van der Waals surface area contributed by atoms with Gasteiger partial charge in [0, 0.05) is 4.91 Å². The third-order valence-corrected chi connectivity index (χ3v) is 2.33. The van der Waals surface area contributed by atoms with Crippen LogP contribution in [0.3, 0.4) is 0 Å². The molecule has 0 aromatic heterocycles. The summed E-state index contributed by atoms with van der Waals surface area (Å²) in [5.41, 5.74) is 2.35. The first-order valence-electron chi connectivity index (χ1n) is 3.16. The average molecular weight is 154 g/mol. The Morgan fingerprint density at radius 1 is 1.40 bits per heavy atom. The third-order valence-electron chi connectivity index (χ3n) is 1.42. The molecule has 0 aromatic carbocycles. The predicted octanol–water partition coefficient (Wildman–Crippen LogP) is 3.39. The Bertz CT molecular complexity index is 175. The van der Waals surface area contributed by atoms with Crippen LogP contribution in [-0.2, 0) is 0 Å². The van der Waals surface area contributed by atoms with Gasteiger partial charge in [0.2, 0.25) is 0 Å². The van der Waals surface area contributed by atoms with Gasteiger partial charge in [0.05, 0.1) is 0 Å². The lowest BCUT2D eigenvalue weighted by Crippen LogP contribution is -1.80. The van der Waals surface area contributed by atoms with E-state index in [2.05, 4.69) is 20.1 Å². The van der Waals surface area contributed by atoms with Gasteiger partial charge in [-0.1, -0.05) is 24.8 Å². The van der Waals surface area contributed by atoms with E-state index in [1.807, 2.05) is 19.3 Å². The minimum absolute atomic E-state index is 1.12. The Labute approximate surface area is 67.7 Å². The van der Waals surface area contributed by atoms with Crippen LogP contribution in [0.25, 0.3) is 0 Å². The van der Waals surface area contributed by atoms with E-state index in [-0.39, 0.29) is 0 Å². The molecule has 0 aliphatic carbocycles. The van der Waals surface area contributed by atoms with Gasteiger partial charge < -0.3 is 0 Å². The smallest absolute Gasteiger partial charge is 0.00949 e. The fraction of sp³-hybridized carbons (Fsp3) is 0.333. The number of thioether (sulfide) groups is 1. The van der Waals surface area contributed by atoms with Crippen molar-refractivity contribution in [3.8, 4) is 0 Å². The second-order valence-corrected chi connectivity index (χ2v) is 3.03. The molecule has 0 saturated carbocycles. The summed E-state index contributed by atoms with van der Waals surface area (Å²) in [6, 6.07) is 0. The number of hydrogen-bond acceptors (Lipinski definition) is 1. The summed E-state index contributed by atoms with van der Waals surface area (Å²) in [4.78, 5) is 1.22. The predicted molar refractivity (Wildman–Crippen MR) is 51.2 cm³/mol. The lowest BCUT2D eigenvalue weighted by atomic mass is 10.1. The van der Waals surface area contributed by atoms with Gasteiger partial charge in [0.25, 0.3) is 0 Å². The molecule has 0 unspecified atom stereocenters. The monoisotopic (exact) mass is 154 g/mol. The molecule has 10 heavy (non-hydrogen) atoms. The van der Waals surface area contributed by atoms with Crippen LogP contribution in [0, 0.1) is 0 Å². The molecule has 0 spiro atoms. The molecule has 0 heterocycles. The van der Waals surface area contributed by atoms with Crippen molar-refractivity contribution in [2.45, 2.75) is 13.8 Å². The van der Waals surface area contributed by atoms with Crippen molar-refractivity contribution in [1.29, 1.82) is 0 Å². The van der Waals surface area contributed by atoms with Gasteiger partial charge in [0.1, 0.15) is 0 Å². The number of allylic oxidation sites excluding steroid dienone is 3. The molecule has 0 N–H and O–H groups in total. The van der Waals surface area contributed by atoms with Crippen molar-refractivity contribution in [2.24, 2.45) is 0 Å². The first-order chi connectivity index (χ1) is 4.63. The number of hydrogen-bond donors (Lipinski definition) is 0. The van der Waals surface area contributed by atoms with Crippen molar-refractivity contribution in [2.75, 3.05) is 6.26 Å². The molecule has 0 bridgehead atoms. The lowest BCUT2D eigenvalue weighted by Gasteiger charge is -2.03. The minimum Gasteiger partial charge on any atom is -0.129 e. The minimum atomic E-state index is 1.12. The van der Waals surface area contributed by atoms with E-state index in [0.29, 0.717) is 0 Å². The van der Waals surface area contributed by atoms with Crippen molar-refractivity contribution < 1.29 is 0 Å². The van der Waals surface area contributed by atoms with Gasteiger partial charge >= 0.3 is 0 Å². The fourth-order valence-corrected chi connectivity index (χ4v) is 1.25. The van der Waals surface area contributed by atoms with E-state index in [0.717, 1.165) is 5.57 Å². The molecule has 0 nitrogen and oxygen atoms in total. The third kappa shape index (κ3) is 2.44. The van der Waals surface area contributed by atoms with E-state index >= 15 is 0 Å². The maximum absolute atomic E-state index is 3.85. The van der Waals surface area contributed by atoms with Crippen LogP contribution in [0.2, 0.25) is 0 Å². The summed E-state index contributed by atoms with van der Waals surface area (Å²) < 4.78 is 0. The summed E-state index contributed by atoms with van der Waals surface area (Å²) in [7, 11) is 0. The zero-order chi connectivity index (χ0) is 8.15. The second-order valence-electron chi connectivity index (χ2n) is 2.18. The SMILES string of the molecule is C=C/C(SC)=C(/C)C(=C)C. The maximum atomic E-state index is 3.85. The topological polar surface area (TPSA) is 0 Å². The molecule has 0 saturated heterocycles. The molecule has 0 fully saturated rings. The summed E-state index contributed by atoms with van der Waals surface area (Å²) in [6.07, 6.45) is 3.91. The lowest BCUT2D eigenvalue weighted by molar-refractivity contribution is 1.35. The van der Waals surface area contributed by atoms with Gasteiger partial charge in [-0.3, -0.25) is 0 Å². The molecule has 56 valence electrons. The zero-order valence-corrected chi connectivity index (χ0v) is 7.72. The van der Waals surface area contributed by atoms with Crippen LogP contribution in [-0.4, -0.2) is 6.26 Å². The normalized spacial score (nSPS) is 12.3. The van der Waals surface area contributed by atoms with Gasteiger partial charge in [-0.05, 0) is 25.7 Å². The van der Waals surface area contributed by atoms with Crippen molar-refractivity contribution in [1.82, 2.24) is 0 Å². The summed E-state index contributed by atoms with van der Waals surface area (Å²) in [5, 5.41) is 0. The molecule has 1 heteroatoms. The van der Waals surface area contributed by atoms with Crippen LogP contribution in [0.15, 0.2) is 35.3 Å². The molecular weight excluding hydrogens is 140 g/mol. The molecule has 0 atom stereocenters. The van der Waals surface area contributed by atoms with Crippen molar-refractivity contribution in [3.05, 3.63) is 35.3 Å². The van der Waals surface area contributed by atoms with E-state index in [4.69, 9.17) is 0 Å². The average Bonchev–Trinajstić information content (AvgIpc) is 1.90. The number of rotatable bonds is 3. The summed E-state index contributed by atoms with van der Waals surface area (Å²) in [6.45, 7) is 11.6. The first kappa shape index (κ1) is 9.57. The van der Waals surface area contributed by atoms with Crippen LogP contribution < -0.4 is 0 Å².